The summed E-state index contributed by atoms with van der Waals surface area (Å²) in [5, 5.41) is 4.18. The van der Waals surface area contributed by atoms with Crippen LogP contribution >= 0.6 is 33.2 Å². The normalized spacial score (nSPS) is 14.0. The monoisotopic (exact) mass is 525 g/mol. The maximum absolute atomic E-state index is 12.9. The number of hydrogen-bond donors (Lipinski definition) is 1. The number of H-pyrrole nitrogens is 1. The zero-order valence-electron chi connectivity index (χ0n) is 16.5. The summed E-state index contributed by atoms with van der Waals surface area (Å²) < 4.78 is 74.7. The Balaban J connectivity index is 1.50. The third kappa shape index (κ3) is 5.20. The Hall–Kier alpha value is -2.90. The number of aromatic amines is 1. The van der Waals surface area contributed by atoms with E-state index in [9.17, 15) is 24.2 Å². The molecule has 0 aliphatic heterocycles. The predicted molar refractivity (Wildman–Crippen MR) is 116 cm³/mol. The minimum Gasteiger partial charge on any atom is -0.488 e. The maximum Gasteiger partial charge on any atom is 0.439 e. The fraction of sp³-hybridized carbons (Fsp3) is 0.105. The Bertz CT molecular complexity index is 1400. The fourth-order valence-electron chi connectivity index (χ4n) is 2.81. The van der Waals surface area contributed by atoms with Gasteiger partial charge in [-0.1, -0.05) is 48.3 Å². The molecule has 0 atom stereocenters. The van der Waals surface area contributed by atoms with Crippen LogP contribution in [0.3, 0.4) is 0 Å². The summed E-state index contributed by atoms with van der Waals surface area (Å²) in [6, 6.07) is 7.33. The second-order valence-corrected chi connectivity index (χ2v) is 10.8. The molecule has 0 aliphatic carbocycles. The molecule has 14 heteroatoms. The largest absolute Gasteiger partial charge is 0.488 e. The summed E-state index contributed by atoms with van der Waals surface area (Å²) in [4.78, 5) is 16.5. The Kier molecular flexibility index (Phi) is 5.15. The van der Waals surface area contributed by atoms with Crippen LogP contribution in [-0.2, 0) is 6.61 Å². The van der Waals surface area contributed by atoms with Crippen molar-refractivity contribution in [2.45, 2.75) is 18.4 Å². The first-order valence-corrected chi connectivity index (χ1v) is 12.1. The topological polar surface area (TPSA) is 81.0 Å². The second kappa shape index (κ2) is 7.30. The van der Waals surface area contributed by atoms with E-state index in [1.165, 1.54) is 6.07 Å². The summed E-state index contributed by atoms with van der Waals surface area (Å²) >= 11 is 7.37. The summed E-state index contributed by atoms with van der Waals surface area (Å²) in [6.45, 7) is 1.78. The van der Waals surface area contributed by atoms with Gasteiger partial charge in [-0.15, -0.1) is 11.3 Å². The highest BCUT2D eigenvalue weighted by molar-refractivity contribution is 8.45. The summed E-state index contributed by atoms with van der Waals surface area (Å²) in [5.74, 6) is -0.152. The molecule has 0 spiro atoms. The van der Waals surface area contributed by atoms with Crippen molar-refractivity contribution in [1.82, 2.24) is 15.1 Å². The smallest absolute Gasteiger partial charge is 0.439 e. The Morgan fingerprint density at radius 2 is 1.82 bits per heavy atom. The van der Waals surface area contributed by atoms with Gasteiger partial charge in [0.25, 0.3) is 0 Å². The van der Waals surface area contributed by atoms with E-state index >= 15 is 0 Å². The van der Waals surface area contributed by atoms with Gasteiger partial charge in [0.05, 0.1) is 15.6 Å². The molecule has 176 valence electrons. The number of ether oxygens (including phenoxy) is 1. The quantitative estimate of drug-likeness (QED) is 0.266. The third-order valence-corrected chi connectivity index (χ3v) is 7.10. The molecule has 33 heavy (non-hydrogen) atoms. The number of aryl methyl sites for hydroxylation is 1. The first kappa shape index (κ1) is 23.3. The molecular weight excluding hydrogens is 513 g/mol. The van der Waals surface area contributed by atoms with Crippen molar-refractivity contribution in [1.29, 1.82) is 0 Å². The fourth-order valence-corrected chi connectivity index (χ4v) is 4.70. The van der Waals surface area contributed by atoms with Gasteiger partial charge in [-0.25, -0.2) is 9.78 Å². The van der Waals surface area contributed by atoms with Crippen LogP contribution in [0.4, 0.5) is 19.4 Å². The number of halogens is 6. The molecule has 0 radical (unpaired) electrons. The number of nitrogens with one attached hydrogen (secondary N) is 1. The average Bonchev–Trinajstić information content (AvgIpc) is 3.30. The molecular formula is C19H13ClF5N3O3S2. The molecule has 2 aromatic heterocycles. The van der Waals surface area contributed by atoms with Crippen molar-refractivity contribution in [3.05, 3.63) is 68.6 Å². The van der Waals surface area contributed by atoms with Gasteiger partial charge in [0.15, 0.2) is 5.82 Å². The zero-order valence-corrected chi connectivity index (χ0v) is 18.8. The second-order valence-electron chi connectivity index (χ2n) is 6.89. The van der Waals surface area contributed by atoms with Crippen LogP contribution in [0, 0.1) is 6.92 Å². The molecule has 1 N–H and O–H groups in total. The van der Waals surface area contributed by atoms with Crippen LogP contribution < -0.4 is 10.5 Å². The van der Waals surface area contributed by atoms with Crippen LogP contribution in [0.15, 0.2) is 56.7 Å². The molecule has 0 saturated carbocycles. The molecule has 0 amide bonds. The molecule has 0 saturated heterocycles. The van der Waals surface area contributed by atoms with Crippen LogP contribution in [0.25, 0.3) is 22.0 Å². The van der Waals surface area contributed by atoms with Gasteiger partial charge in [-0.3, -0.25) is 9.51 Å². The standard InChI is InChI=1S/C19H13ClF5N3O3S2/c1-10-16(9-30-12-4-7-14(15(20)8-12)17-27-19(29)31-28-17)32-18(26-10)11-2-5-13(6-3-11)33(21,22,23,24)25/h2-8H,9H2,1H3,(H,27,28,29). The highest BCUT2D eigenvalue weighted by Gasteiger charge is 2.65. The van der Waals surface area contributed by atoms with Crippen LogP contribution in [0.5, 0.6) is 5.75 Å². The maximum atomic E-state index is 12.9. The lowest BCUT2D eigenvalue weighted by Crippen LogP contribution is -2.05. The van der Waals surface area contributed by atoms with E-state index in [1.807, 2.05) is 0 Å². The van der Waals surface area contributed by atoms with Gasteiger partial charge in [0.2, 0.25) is 0 Å². The van der Waals surface area contributed by atoms with Crippen molar-refractivity contribution in [3.8, 4) is 27.7 Å². The molecule has 6 nitrogen and oxygen atoms in total. The highest BCUT2D eigenvalue weighted by Crippen LogP contribution is 3.02. The number of benzene rings is 2. The highest BCUT2D eigenvalue weighted by atomic mass is 35.5. The molecule has 0 bridgehead atoms. The number of thiazole rings is 1. The Morgan fingerprint density at radius 1 is 1.12 bits per heavy atom. The number of nitrogens with zero attached hydrogens (tertiary/aromatic N) is 2. The first-order valence-electron chi connectivity index (χ1n) is 8.99. The predicted octanol–water partition coefficient (Wildman–Crippen LogP) is 7.35. The van der Waals surface area contributed by atoms with Gasteiger partial charge in [0, 0.05) is 11.1 Å². The van der Waals surface area contributed by atoms with Crippen molar-refractivity contribution >= 4 is 33.2 Å². The molecule has 0 unspecified atom stereocenters. The average molecular weight is 526 g/mol. The molecule has 4 rings (SSSR count). The van der Waals surface area contributed by atoms with Crippen molar-refractivity contribution < 1.29 is 28.7 Å². The molecule has 2 aromatic carbocycles. The lowest BCUT2D eigenvalue weighted by atomic mass is 10.2. The van der Waals surface area contributed by atoms with E-state index in [1.54, 1.807) is 19.1 Å². The van der Waals surface area contributed by atoms with Gasteiger partial charge in [-0.2, -0.15) is 0 Å². The summed E-state index contributed by atoms with van der Waals surface area (Å²) in [5.41, 5.74) is 1.28. The number of aromatic nitrogens is 3. The van der Waals surface area contributed by atoms with Crippen LogP contribution in [0.2, 0.25) is 5.02 Å². The van der Waals surface area contributed by atoms with Crippen molar-refractivity contribution in [2.24, 2.45) is 0 Å². The van der Waals surface area contributed by atoms with Crippen molar-refractivity contribution in [3.63, 3.8) is 0 Å². The lowest BCUT2D eigenvalue weighted by Gasteiger charge is -2.40. The van der Waals surface area contributed by atoms with Gasteiger partial charge in [0.1, 0.15) is 22.3 Å². The minimum absolute atomic E-state index is 0.0868. The molecule has 0 fully saturated rings. The van der Waals surface area contributed by atoms with E-state index in [2.05, 4.69) is 19.6 Å². The lowest BCUT2D eigenvalue weighted by molar-refractivity contribution is 0.309. The van der Waals surface area contributed by atoms with E-state index in [-0.39, 0.29) is 23.0 Å². The molecule has 4 aromatic rings. The van der Waals surface area contributed by atoms with Crippen molar-refractivity contribution in [2.75, 3.05) is 0 Å². The Morgan fingerprint density at radius 3 is 2.39 bits per heavy atom. The molecule has 2 heterocycles. The first-order chi connectivity index (χ1) is 15.2. The number of rotatable bonds is 6. The van der Waals surface area contributed by atoms with Crippen LogP contribution in [-0.4, -0.2) is 15.1 Å². The zero-order chi connectivity index (χ0) is 24.1. The van der Waals surface area contributed by atoms with Gasteiger partial charge >= 0.3 is 16.0 Å². The van der Waals surface area contributed by atoms with E-state index in [4.69, 9.17) is 16.3 Å². The van der Waals surface area contributed by atoms with E-state index < -0.39 is 20.9 Å². The number of hydrogen-bond acceptors (Lipinski definition) is 6. The van der Waals surface area contributed by atoms with Gasteiger partial charge in [-0.05, 0) is 37.3 Å². The minimum atomic E-state index is -9.73. The molecule has 0 aliphatic rings. The van der Waals surface area contributed by atoms with E-state index in [0.29, 0.717) is 39.0 Å². The third-order valence-electron chi connectivity index (χ3n) is 4.45. The van der Waals surface area contributed by atoms with Gasteiger partial charge < -0.3 is 4.74 Å². The summed E-state index contributed by atoms with van der Waals surface area (Å²) in [7, 11) is -9.73. The van der Waals surface area contributed by atoms with E-state index in [0.717, 1.165) is 23.5 Å². The van der Waals surface area contributed by atoms with Crippen LogP contribution in [0.1, 0.15) is 10.6 Å². The Labute approximate surface area is 191 Å². The summed E-state index contributed by atoms with van der Waals surface area (Å²) in [6.07, 6.45) is 0. The SMILES string of the molecule is Cc1nc(-c2ccc(S(F)(F)(F)(F)F)cc2)sc1COc1ccc(-c2noc(=O)[nH]2)c(Cl)c1.